The van der Waals surface area contributed by atoms with Gasteiger partial charge in [-0.3, -0.25) is 0 Å². The number of phenols is 1. The predicted molar refractivity (Wildman–Crippen MR) is 59.0 cm³/mol. The molecular weight excluding hydrogens is 190 g/mol. The van der Waals surface area contributed by atoms with Crippen LogP contribution < -0.4 is 0 Å². The van der Waals surface area contributed by atoms with E-state index in [1.807, 2.05) is 12.1 Å². The van der Waals surface area contributed by atoms with E-state index in [1.54, 1.807) is 6.07 Å². The summed E-state index contributed by atoms with van der Waals surface area (Å²) in [6, 6.07) is 7.49. The van der Waals surface area contributed by atoms with E-state index in [2.05, 4.69) is 11.0 Å². The van der Waals surface area contributed by atoms with E-state index in [1.165, 1.54) is 5.56 Å². The number of phenolic OH excluding ortho intramolecular Hbond substituents is 1. The van der Waals surface area contributed by atoms with Gasteiger partial charge >= 0.3 is 0 Å². The largest absolute Gasteiger partial charge is 0.508 e. The maximum absolute atomic E-state index is 9.39. The van der Waals surface area contributed by atoms with Gasteiger partial charge in [-0.2, -0.15) is 0 Å². The molecule has 3 nitrogen and oxygen atoms in total. The molecule has 0 amide bonds. The normalized spacial score (nSPS) is 22.1. The highest BCUT2D eigenvalue weighted by Crippen LogP contribution is 2.28. The molecule has 1 aliphatic rings. The predicted octanol–water partition coefficient (Wildman–Crippen LogP) is 1.17. The Morgan fingerprint density at radius 3 is 3.00 bits per heavy atom. The lowest BCUT2D eigenvalue weighted by molar-refractivity contribution is 0.220. The number of aliphatic hydroxyl groups is 1. The van der Waals surface area contributed by atoms with Crippen molar-refractivity contribution in [2.75, 3.05) is 26.2 Å². The molecular formula is C12H17NO2. The van der Waals surface area contributed by atoms with Gasteiger partial charge in [0.05, 0.1) is 6.61 Å². The third-order valence-electron chi connectivity index (χ3n) is 3.03. The molecule has 1 aromatic rings. The highest BCUT2D eigenvalue weighted by molar-refractivity contribution is 5.30. The molecule has 2 rings (SSSR count). The smallest absolute Gasteiger partial charge is 0.115 e. The number of β-amino-alcohol motifs (C(OH)–C–C–N with tert-alkyl or cyclic N) is 1. The Hall–Kier alpha value is -1.06. The summed E-state index contributed by atoms with van der Waals surface area (Å²) in [5, 5.41) is 18.2. The average molecular weight is 207 g/mol. The van der Waals surface area contributed by atoms with Crippen molar-refractivity contribution in [3.8, 4) is 5.75 Å². The van der Waals surface area contributed by atoms with E-state index in [9.17, 15) is 5.11 Å². The lowest BCUT2D eigenvalue weighted by Gasteiger charge is -2.14. The van der Waals surface area contributed by atoms with E-state index >= 15 is 0 Å². The van der Waals surface area contributed by atoms with Gasteiger partial charge in [0, 0.05) is 13.1 Å². The molecule has 1 heterocycles. The van der Waals surface area contributed by atoms with E-state index in [4.69, 9.17) is 5.11 Å². The van der Waals surface area contributed by atoms with E-state index in [-0.39, 0.29) is 6.61 Å². The molecule has 1 saturated heterocycles. The number of likely N-dealkylation sites (tertiary alicyclic amines) is 1. The Bertz CT molecular complexity index is 327. The molecule has 0 saturated carbocycles. The van der Waals surface area contributed by atoms with Gasteiger partial charge in [0.2, 0.25) is 0 Å². The van der Waals surface area contributed by atoms with Crippen molar-refractivity contribution in [3.63, 3.8) is 0 Å². The number of benzene rings is 1. The first-order valence-corrected chi connectivity index (χ1v) is 5.42. The van der Waals surface area contributed by atoms with Gasteiger partial charge in [-0.05, 0) is 36.6 Å². The molecule has 2 N–H and O–H groups in total. The number of hydrogen-bond donors (Lipinski definition) is 2. The van der Waals surface area contributed by atoms with Crippen LogP contribution in [0.3, 0.4) is 0 Å². The quantitative estimate of drug-likeness (QED) is 0.782. The zero-order valence-corrected chi connectivity index (χ0v) is 8.76. The van der Waals surface area contributed by atoms with Crippen LogP contribution in [-0.4, -0.2) is 41.4 Å². The van der Waals surface area contributed by atoms with Crippen LogP contribution in [0, 0.1) is 0 Å². The van der Waals surface area contributed by atoms with Crippen LogP contribution in [0.2, 0.25) is 0 Å². The number of rotatable bonds is 3. The summed E-state index contributed by atoms with van der Waals surface area (Å²) in [6.07, 6.45) is 1.11. The fourth-order valence-corrected chi connectivity index (χ4v) is 2.23. The molecule has 1 unspecified atom stereocenters. The minimum Gasteiger partial charge on any atom is -0.508 e. The van der Waals surface area contributed by atoms with E-state index < -0.39 is 0 Å². The van der Waals surface area contributed by atoms with Crippen molar-refractivity contribution >= 4 is 0 Å². The van der Waals surface area contributed by atoms with Crippen molar-refractivity contribution in [1.82, 2.24) is 4.90 Å². The molecule has 1 aromatic carbocycles. The highest BCUT2D eigenvalue weighted by atomic mass is 16.3. The molecule has 15 heavy (non-hydrogen) atoms. The van der Waals surface area contributed by atoms with Crippen molar-refractivity contribution in [3.05, 3.63) is 29.8 Å². The number of aliphatic hydroxyl groups excluding tert-OH is 1. The second-order valence-electron chi connectivity index (χ2n) is 4.10. The standard InChI is InChI=1S/C12H17NO2/c14-7-6-13-5-4-11(9-13)10-2-1-3-12(15)8-10/h1-3,8,11,14-15H,4-7,9H2. The SMILES string of the molecule is OCCN1CCC(c2cccc(O)c2)C1. The summed E-state index contributed by atoms with van der Waals surface area (Å²) in [5.74, 6) is 0.844. The van der Waals surface area contributed by atoms with Crippen molar-refractivity contribution in [1.29, 1.82) is 0 Å². The Kier molecular flexibility index (Phi) is 3.23. The monoisotopic (exact) mass is 207 g/mol. The van der Waals surface area contributed by atoms with E-state index in [0.717, 1.165) is 26.1 Å². The third-order valence-corrected chi connectivity index (χ3v) is 3.03. The lowest BCUT2D eigenvalue weighted by Crippen LogP contribution is -2.23. The summed E-state index contributed by atoms with van der Waals surface area (Å²) >= 11 is 0. The van der Waals surface area contributed by atoms with Crippen LogP contribution in [0.5, 0.6) is 5.75 Å². The fraction of sp³-hybridized carbons (Fsp3) is 0.500. The number of nitrogens with zero attached hydrogens (tertiary/aromatic N) is 1. The molecule has 0 aliphatic carbocycles. The van der Waals surface area contributed by atoms with Gasteiger partial charge in [-0.25, -0.2) is 0 Å². The Morgan fingerprint density at radius 2 is 2.27 bits per heavy atom. The maximum Gasteiger partial charge on any atom is 0.115 e. The molecule has 0 spiro atoms. The maximum atomic E-state index is 9.39. The molecule has 0 bridgehead atoms. The molecule has 0 radical (unpaired) electrons. The van der Waals surface area contributed by atoms with Crippen molar-refractivity contribution in [2.24, 2.45) is 0 Å². The molecule has 1 atom stereocenters. The average Bonchev–Trinajstić information content (AvgIpc) is 2.67. The Balaban J connectivity index is 2.01. The van der Waals surface area contributed by atoms with Gasteiger partial charge in [0.1, 0.15) is 5.75 Å². The summed E-state index contributed by atoms with van der Waals surface area (Å²) in [5.41, 5.74) is 1.20. The topological polar surface area (TPSA) is 43.7 Å². The van der Waals surface area contributed by atoms with Gasteiger partial charge < -0.3 is 15.1 Å². The Morgan fingerprint density at radius 1 is 1.40 bits per heavy atom. The van der Waals surface area contributed by atoms with Crippen LogP contribution in [-0.2, 0) is 0 Å². The molecule has 1 fully saturated rings. The minimum absolute atomic E-state index is 0.229. The summed E-state index contributed by atoms with van der Waals surface area (Å²) in [7, 11) is 0. The second-order valence-corrected chi connectivity index (χ2v) is 4.10. The van der Waals surface area contributed by atoms with Gasteiger partial charge in [-0.15, -0.1) is 0 Å². The molecule has 1 aliphatic heterocycles. The first kappa shape index (κ1) is 10.5. The lowest BCUT2D eigenvalue weighted by atomic mass is 9.98. The first-order chi connectivity index (χ1) is 7.29. The fourth-order valence-electron chi connectivity index (χ4n) is 2.23. The number of aromatic hydroxyl groups is 1. The highest BCUT2D eigenvalue weighted by Gasteiger charge is 2.23. The second kappa shape index (κ2) is 4.64. The summed E-state index contributed by atoms with van der Waals surface area (Å²) in [4.78, 5) is 2.26. The van der Waals surface area contributed by atoms with Crippen LogP contribution in [0.1, 0.15) is 17.9 Å². The van der Waals surface area contributed by atoms with Gasteiger partial charge in [0.15, 0.2) is 0 Å². The molecule has 82 valence electrons. The number of hydrogen-bond acceptors (Lipinski definition) is 3. The summed E-state index contributed by atoms with van der Waals surface area (Å²) < 4.78 is 0. The van der Waals surface area contributed by atoms with Crippen LogP contribution in [0.15, 0.2) is 24.3 Å². The first-order valence-electron chi connectivity index (χ1n) is 5.42. The van der Waals surface area contributed by atoms with Crippen molar-refractivity contribution < 1.29 is 10.2 Å². The molecule has 3 heteroatoms. The zero-order chi connectivity index (χ0) is 10.7. The van der Waals surface area contributed by atoms with Gasteiger partial charge in [-0.1, -0.05) is 12.1 Å². The van der Waals surface area contributed by atoms with Crippen LogP contribution in [0.4, 0.5) is 0 Å². The van der Waals surface area contributed by atoms with Crippen LogP contribution >= 0.6 is 0 Å². The third kappa shape index (κ3) is 2.49. The Labute approximate surface area is 90.0 Å². The van der Waals surface area contributed by atoms with Crippen molar-refractivity contribution in [2.45, 2.75) is 12.3 Å². The van der Waals surface area contributed by atoms with Crippen LogP contribution in [0.25, 0.3) is 0 Å². The molecule has 0 aromatic heterocycles. The summed E-state index contributed by atoms with van der Waals surface area (Å²) in [6.45, 7) is 3.02. The van der Waals surface area contributed by atoms with Gasteiger partial charge in [0.25, 0.3) is 0 Å². The van der Waals surface area contributed by atoms with E-state index in [0.29, 0.717) is 11.7 Å². The minimum atomic E-state index is 0.229. The zero-order valence-electron chi connectivity index (χ0n) is 8.76.